The van der Waals surface area contributed by atoms with E-state index in [1.807, 2.05) is 24.8 Å². The second kappa shape index (κ2) is 6.64. The Balaban J connectivity index is 1.89. The summed E-state index contributed by atoms with van der Waals surface area (Å²) in [5, 5.41) is 6.14. The second-order valence-corrected chi connectivity index (χ2v) is 5.55. The minimum absolute atomic E-state index is 0.0772. The lowest BCUT2D eigenvalue weighted by atomic mass is 10.1. The molecule has 5 heteroatoms. The van der Waals surface area contributed by atoms with Crippen molar-refractivity contribution >= 4 is 23.4 Å². The Kier molecular flexibility index (Phi) is 4.87. The van der Waals surface area contributed by atoms with E-state index in [0.29, 0.717) is 11.6 Å². The van der Waals surface area contributed by atoms with E-state index in [0.717, 1.165) is 24.5 Å². The number of hydrogen-bond acceptors (Lipinski definition) is 4. The average Bonchev–Trinajstić information content (AvgIpc) is 2.90. The van der Waals surface area contributed by atoms with Crippen LogP contribution in [0.3, 0.4) is 0 Å². The van der Waals surface area contributed by atoms with E-state index in [4.69, 9.17) is 0 Å². The van der Waals surface area contributed by atoms with Crippen molar-refractivity contribution in [1.82, 2.24) is 10.3 Å². The summed E-state index contributed by atoms with van der Waals surface area (Å²) in [6.45, 7) is 3.63. The third kappa shape index (κ3) is 3.63. The van der Waals surface area contributed by atoms with Crippen molar-refractivity contribution < 1.29 is 4.79 Å². The average molecular weight is 265 g/mol. The molecule has 2 rings (SSSR count). The minimum Gasteiger partial charge on any atom is -0.385 e. The molecule has 1 aromatic rings. The Labute approximate surface area is 112 Å². The molecular formula is C13H19N3OS. The van der Waals surface area contributed by atoms with Crippen LogP contribution in [0.1, 0.15) is 23.8 Å². The lowest BCUT2D eigenvalue weighted by Crippen LogP contribution is -2.29. The van der Waals surface area contributed by atoms with E-state index >= 15 is 0 Å². The molecule has 1 atom stereocenters. The predicted molar refractivity (Wildman–Crippen MR) is 76.2 cm³/mol. The molecule has 1 aromatic heterocycles. The molecule has 2 heterocycles. The van der Waals surface area contributed by atoms with Crippen LogP contribution in [0.2, 0.25) is 0 Å². The summed E-state index contributed by atoms with van der Waals surface area (Å²) >= 11 is 1.96. The highest BCUT2D eigenvalue weighted by atomic mass is 32.2. The Morgan fingerprint density at radius 1 is 1.61 bits per heavy atom. The molecule has 1 fully saturated rings. The summed E-state index contributed by atoms with van der Waals surface area (Å²) in [7, 11) is 0. The van der Waals surface area contributed by atoms with Crippen molar-refractivity contribution in [2.24, 2.45) is 5.92 Å². The van der Waals surface area contributed by atoms with Gasteiger partial charge in [0, 0.05) is 25.0 Å². The summed E-state index contributed by atoms with van der Waals surface area (Å²) < 4.78 is 0. The van der Waals surface area contributed by atoms with Crippen molar-refractivity contribution in [2.75, 3.05) is 29.9 Å². The first-order chi connectivity index (χ1) is 8.79. The minimum atomic E-state index is -0.0772. The maximum absolute atomic E-state index is 11.9. The van der Waals surface area contributed by atoms with Crippen molar-refractivity contribution in [3.8, 4) is 0 Å². The van der Waals surface area contributed by atoms with Gasteiger partial charge in [-0.15, -0.1) is 0 Å². The largest absolute Gasteiger partial charge is 0.385 e. The van der Waals surface area contributed by atoms with Gasteiger partial charge in [-0.2, -0.15) is 11.8 Å². The molecule has 0 bridgehead atoms. The number of rotatable bonds is 5. The van der Waals surface area contributed by atoms with Gasteiger partial charge >= 0.3 is 0 Å². The van der Waals surface area contributed by atoms with Crippen LogP contribution >= 0.6 is 11.8 Å². The number of carbonyl (C=O) groups is 1. The van der Waals surface area contributed by atoms with Crippen LogP contribution in [0, 0.1) is 5.92 Å². The van der Waals surface area contributed by atoms with E-state index < -0.39 is 0 Å². The highest BCUT2D eigenvalue weighted by molar-refractivity contribution is 7.99. The fourth-order valence-electron chi connectivity index (χ4n) is 1.94. The van der Waals surface area contributed by atoms with Crippen LogP contribution in [0.4, 0.5) is 5.69 Å². The second-order valence-electron chi connectivity index (χ2n) is 4.40. The monoisotopic (exact) mass is 265 g/mol. The molecule has 1 aliphatic rings. The number of nitrogens with one attached hydrogen (secondary N) is 2. The van der Waals surface area contributed by atoms with Gasteiger partial charge in [0.05, 0.1) is 0 Å². The molecule has 2 N–H and O–H groups in total. The first-order valence-electron chi connectivity index (χ1n) is 6.35. The van der Waals surface area contributed by atoms with E-state index in [-0.39, 0.29) is 5.91 Å². The fraction of sp³-hybridized carbons (Fsp3) is 0.538. The summed E-state index contributed by atoms with van der Waals surface area (Å²) in [6, 6.07) is 3.66. The zero-order chi connectivity index (χ0) is 12.8. The van der Waals surface area contributed by atoms with Crippen LogP contribution in [-0.4, -0.2) is 35.5 Å². The van der Waals surface area contributed by atoms with Gasteiger partial charge in [0.2, 0.25) is 0 Å². The van der Waals surface area contributed by atoms with Gasteiger partial charge < -0.3 is 10.6 Å². The molecule has 0 spiro atoms. The molecule has 1 aliphatic heterocycles. The van der Waals surface area contributed by atoms with Crippen molar-refractivity contribution in [3.05, 3.63) is 24.0 Å². The Morgan fingerprint density at radius 3 is 3.22 bits per heavy atom. The van der Waals surface area contributed by atoms with Crippen LogP contribution < -0.4 is 10.6 Å². The third-order valence-corrected chi connectivity index (χ3v) is 4.18. The molecule has 0 aliphatic carbocycles. The SMILES string of the molecule is CCNc1ccnc(C(=O)NCC2CCSC2)c1. The molecule has 18 heavy (non-hydrogen) atoms. The molecule has 0 radical (unpaired) electrons. The summed E-state index contributed by atoms with van der Waals surface area (Å²) in [5.41, 5.74) is 1.42. The first kappa shape index (κ1) is 13.2. The predicted octanol–water partition coefficient (Wildman–Crippen LogP) is 2.00. The topological polar surface area (TPSA) is 54.0 Å². The highest BCUT2D eigenvalue weighted by Crippen LogP contribution is 2.22. The van der Waals surface area contributed by atoms with Gasteiger partial charge in [0.25, 0.3) is 5.91 Å². The smallest absolute Gasteiger partial charge is 0.269 e. The van der Waals surface area contributed by atoms with Gasteiger partial charge in [0.1, 0.15) is 5.69 Å². The number of amides is 1. The van der Waals surface area contributed by atoms with E-state index in [1.165, 1.54) is 12.2 Å². The molecule has 4 nitrogen and oxygen atoms in total. The Hall–Kier alpha value is -1.23. The van der Waals surface area contributed by atoms with Crippen LogP contribution in [0.15, 0.2) is 18.3 Å². The Morgan fingerprint density at radius 2 is 2.50 bits per heavy atom. The van der Waals surface area contributed by atoms with Crippen molar-refractivity contribution in [2.45, 2.75) is 13.3 Å². The van der Waals surface area contributed by atoms with Gasteiger partial charge in [0.15, 0.2) is 0 Å². The number of carbonyl (C=O) groups excluding carboxylic acids is 1. The van der Waals surface area contributed by atoms with E-state index in [1.54, 1.807) is 12.3 Å². The standard InChI is InChI=1S/C13H19N3OS/c1-2-14-11-3-5-15-12(7-11)13(17)16-8-10-4-6-18-9-10/h3,5,7,10H,2,4,6,8-9H2,1H3,(H,14,15)(H,16,17). The van der Waals surface area contributed by atoms with E-state index in [9.17, 15) is 4.79 Å². The molecule has 1 unspecified atom stereocenters. The number of anilines is 1. The summed E-state index contributed by atoms with van der Waals surface area (Å²) in [6.07, 6.45) is 2.87. The lowest BCUT2D eigenvalue weighted by Gasteiger charge is -2.10. The number of aromatic nitrogens is 1. The summed E-state index contributed by atoms with van der Waals surface area (Å²) in [5.74, 6) is 2.92. The van der Waals surface area contributed by atoms with Crippen molar-refractivity contribution in [3.63, 3.8) is 0 Å². The molecule has 98 valence electrons. The molecule has 0 aromatic carbocycles. The molecule has 1 saturated heterocycles. The number of nitrogens with zero attached hydrogens (tertiary/aromatic N) is 1. The third-order valence-electron chi connectivity index (χ3n) is 2.95. The van der Waals surface area contributed by atoms with Crippen LogP contribution in [0.5, 0.6) is 0 Å². The van der Waals surface area contributed by atoms with Gasteiger partial charge in [-0.3, -0.25) is 9.78 Å². The lowest BCUT2D eigenvalue weighted by molar-refractivity contribution is 0.0943. The summed E-state index contributed by atoms with van der Waals surface area (Å²) in [4.78, 5) is 16.1. The zero-order valence-corrected chi connectivity index (χ0v) is 11.4. The van der Waals surface area contributed by atoms with Crippen LogP contribution in [0.25, 0.3) is 0 Å². The van der Waals surface area contributed by atoms with E-state index in [2.05, 4.69) is 15.6 Å². The van der Waals surface area contributed by atoms with Gasteiger partial charge in [-0.05, 0) is 42.9 Å². The first-order valence-corrected chi connectivity index (χ1v) is 7.51. The quantitative estimate of drug-likeness (QED) is 0.855. The Bertz CT molecular complexity index is 405. The fourth-order valence-corrected chi connectivity index (χ4v) is 3.23. The van der Waals surface area contributed by atoms with Gasteiger partial charge in [-0.25, -0.2) is 0 Å². The maximum atomic E-state index is 11.9. The number of pyridine rings is 1. The zero-order valence-electron chi connectivity index (χ0n) is 10.6. The molecule has 0 saturated carbocycles. The normalized spacial score (nSPS) is 18.6. The van der Waals surface area contributed by atoms with Crippen LogP contribution in [-0.2, 0) is 0 Å². The van der Waals surface area contributed by atoms with Crippen molar-refractivity contribution in [1.29, 1.82) is 0 Å². The molecule has 1 amide bonds. The maximum Gasteiger partial charge on any atom is 0.269 e. The molecular weight excluding hydrogens is 246 g/mol. The number of thioether (sulfide) groups is 1. The highest BCUT2D eigenvalue weighted by Gasteiger charge is 2.17. The number of hydrogen-bond donors (Lipinski definition) is 2. The van der Waals surface area contributed by atoms with Gasteiger partial charge in [-0.1, -0.05) is 0 Å².